The van der Waals surface area contributed by atoms with Gasteiger partial charge in [-0.05, 0) is 37.5 Å². The molecule has 0 aliphatic carbocycles. The number of imidazole rings is 1. The predicted octanol–water partition coefficient (Wildman–Crippen LogP) is 2.49. The van der Waals surface area contributed by atoms with Crippen molar-refractivity contribution in [1.82, 2.24) is 30.1 Å². The second-order valence-electron chi connectivity index (χ2n) is 6.86. The zero-order valence-corrected chi connectivity index (χ0v) is 17.4. The Kier molecular flexibility index (Phi) is 6.61. The van der Waals surface area contributed by atoms with E-state index < -0.39 is 5.83 Å². The number of rotatable bonds is 7. The molecule has 158 valence electrons. The number of hydrogen-bond donors (Lipinski definition) is 2. The van der Waals surface area contributed by atoms with Crippen molar-refractivity contribution in [3.63, 3.8) is 0 Å². The van der Waals surface area contributed by atoms with Gasteiger partial charge in [0.1, 0.15) is 17.9 Å². The first-order valence-electron chi connectivity index (χ1n) is 9.80. The lowest BCUT2D eigenvalue weighted by Crippen LogP contribution is -2.41. The molecule has 2 N–H and O–H groups in total. The molecule has 3 heterocycles. The van der Waals surface area contributed by atoms with Gasteiger partial charge in [0.05, 0.1) is 24.5 Å². The summed E-state index contributed by atoms with van der Waals surface area (Å²) in [6.45, 7) is 10.7. The van der Waals surface area contributed by atoms with Crippen molar-refractivity contribution < 1.29 is 9.18 Å². The Morgan fingerprint density at radius 3 is 2.93 bits per heavy atom. The molecule has 2 aromatic rings. The maximum atomic E-state index is 14.6. The third kappa shape index (κ3) is 4.56. The van der Waals surface area contributed by atoms with Crippen LogP contribution in [0.15, 0.2) is 53.2 Å². The molecule has 30 heavy (non-hydrogen) atoms. The van der Waals surface area contributed by atoms with Gasteiger partial charge in [0.2, 0.25) is 5.78 Å². The number of allylic oxidation sites excluding steroid dienone is 2. The number of aryl methyl sites for hydroxylation is 2. The number of nitrogens with zero attached hydrogens (tertiary/aromatic N) is 5. The Morgan fingerprint density at radius 1 is 1.47 bits per heavy atom. The molecule has 0 aromatic carbocycles. The van der Waals surface area contributed by atoms with E-state index in [0.717, 1.165) is 5.56 Å². The van der Waals surface area contributed by atoms with Crippen molar-refractivity contribution >= 4 is 18.0 Å². The van der Waals surface area contributed by atoms with Gasteiger partial charge in [-0.3, -0.25) is 24.6 Å². The molecule has 0 radical (unpaired) electrons. The van der Waals surface area contributed by atoms with Crippen LogP contribution in [-0.2, 0) is 6.42 Å². The van der Waals surface area contributed by atoms with Crippen molar-refractivity contribution in [3.8, 4) is 0 Å². The van der Waals surface area contributed by atoms with E-state index in [1.165, 1.54) is 12.4 Å². The van der Waals surface area contributed by atoms with E-state index in [1.54, 1.807) is 28.6 Å². The van der Waals surface area contributed by atoms with Gasteiger partial charge in [0, 0.05) is 18.9 Å². The molecule has 0 spiro atoms. The van der Waals surface area contributed by atoms with E-state index in [-0.39, 0.29) is 18.1 Å². The normalized spacial score (nSPS) is 14.7. The van der Waals surface area contributed by atoms with Crippen LogP contribution in [-0.4, -0.2) is 51.3 Å². The summed E-state index contributed by atoms with van der Waals surface area (Å²) in [4.78, 5) is 25.6. The van der Waals surface area contributed by atoms with E-state index in [9.17, 15) is 9.18 Å². The van der Waals surface area contributed by atoms with E-state index in [2.05, 4.69) is 32.3 Å². The topological polar surface area (TPSA) is 86.9 Å². The Balaban J connectivity index is 1.73. The van der Waals surface area contributed by atoms with E-state index in [0.29, 0.717) is 42.2 Å². The van der Waals surface area contributed by atoms with Crippen molar-refractivity contribution in [2.45, 2.75) is 27.2 Å². The number of nitrogens with one attached hydrogen (secondary N) is 2. The summed E-state index contributed by atoms with van der Waals surface area (Å²) in [6, 6.07) is 0. The highest BCUT2D eigenvalue weighted by atomic mass is 19.1. The molecule has 0 saturated heterocycles. The van der Waals surface area contributed by atoms with Gasteiger partial charge in [0.15, 0.2) is 0 Å². The second-order valence-corrected chi connectivity index (χ2v) is 6.86. The van der Waals surface area contributed by atoms with Gasteiger partial charge in [-0.1, -0.05) is 19.6 Å². The summed E-state index contributed by atoms with van der Waals surface area (Å²) < 4.78 is 16.3. The molecule has 1 aliphatic heterocycles. The number of fused-ring (bicyclic) bond motifs is 1. The summed E-state index contributed by atoms with van der Waals surface area (Å²) in [5.74, 6) is -0.287. The van der Waals surface area contributed by atoms with Crippen LogP contribution in [0.1, 0.15) is 35.6 Å². The molecular formula is C21H26FN7O. The average molecular weight is 411 g/mol. The fourth-order valence-corrected chi connectivity index (χ4v) is 3.05. The summed E-state index contributed by atoms with van der Waals surface area (Å²) in [7, 11) is 0. The lowest BCUT2D eigenvalue weighted by atomic mass is 10.2. The van der Waals surface area contributed by atoms with Crippen LogP contribution in [0.25, 0.3) is 5.78 Å². The van der Waals surface area contributed by atoms with Gasteiger partial charge in [-0.25, -0.2) is 14.4 Å². The molecule has 1 amide bonds. The van der Waals surface area contributed by atoms with Gasteiger partial charge in [-0.2, -0.15) is 0 Å². The number of amides is 1. The van der Waals surface area contributed by atoms with Crippen LogP contribution >= 0.6 is 0 Å². The van der Waals surface area contributed by atoms with Crippen LogP contribution in [0.4, 0.5) is 4.39 Å². The minimum absolute atomic E-state index is 0.167. The fourth-order valence-electron chi connectivity index (χ4n) is 3.05. The molecule has 0 atom stereocenters. The third-order valence-corrected chi connectivity index (χ3v) is 4.73. The van der Waals surface area contributed by atoms with E-state index in [1.807, 2.05) is 20.0 Å². The summed E-state index contributed by atoms with van der Waals surface area (Å²) in [6.07, 6.45) is 8.78. The molecular weight excluding hydrogens is 385 g/mol. The highest BCUT2D eigenvalue weighted by Gasteiger charge is 2.19. The number of aliphatic imine (C=N–C) groups is 1. The molecule has 0 bridgehead atoms. The van der Waals surface area contributed by atoms with Crippen LogP contribution in [0.3, 0.4) is 0 Å². The number of aromatic nitrogens is 3. The summed E-state index contributed by atoms with van der Waals surface area (Å²) in [5, 5.41) is 4.45. The SMILES string of the molecule is C=C(/C(F)=C\C(=C/C)CNC(=O)c1c(CC)nc2ncc(C)cn12)N1CCN=CN1. The van der Waals surface area contributed by atoms with Crippen LogP contribution in [0, 0.1) is 6.92 Å². The van der Waals surface area contributed by atoms with Gasteiger partial charge < -0.3 is 5.32 Å². The van der Waals surface area contributed by atoms with Crippen LogP contribution in [0.5, 0.6) is 0 Å². The fraction of sp³-hybridized carbons (Fsp3) is 0.333. The number of carbonyl (C=O) groups excluding carboxylic acids is 1. The molecule has 0 saturated carbocycles. The summed E-state index contributed by atoms with van der Waals surface area (Å²) in [5.41, 5.74) is 5.72. The molecule has 0 fully saturated rings. The highest BCUT2D eigenvalue weighted by Crippen LogP contribution is 2.17. The molecule has 1 aliphatic rings. The van der Waals surface area contributed by atoms with Crippen molar-refractivity contribution in [2.75, 3.05) is 19.6 Å². The Morgan fingerprint density at radius 2 is 2.27 bits per heavy atom. The van der Waals surface area contributed by atoms with Crippen LogP contribution < -0.4 is 10.7 Å². The predicted molar refractivity (Wildman–Crippen MR) is 115 cm³/mol. The monoisotopic (exact) mass is 411 g/mol. The second kappa shape index (κ2) is 9.34. The Labute approximate surface area is 174 Å². The molecule has 9 heteroatoms. The average Bonchev–Trinajstić information content (AvgIpc) is 3.14. The molecule has 8 nitrogen and oxygen atoms in total. The van der Waals surface area contributed by atoms with Crippen molar-refractivity contribution in [1.29, 1.82) is 0 Å². The maximum Gasteiger partial charge on any atom is 0.270 e. The van der Waals surface area contributed by atoms with E-state index >= 15 is 0 Å². The van der Waals surface area contributed by atoms with E-state index in [4.69, 9.17) is 0 Å². The molecule has 3 rings (SSSR count). The lowest BCUT2D eigenvalue weighted by Gasteiger charge is -2.27. The number of hydrogen-bond acceptors (Lipinski definition) is 6. The van der Waals surface area contributed by atoms with Crippen molar-refractivity contribution in [3.05, 3.63) is 65.2 Å². The molecule has 2 aromatic heterocycles. The smallest absolute Gasteiger partial charge is 0.270 e. The minimum atomic E-state index is -0.482. The molecule has 0 unspecified atom stereocenters. The standard InChI is InChI=1S/C21H26FN7O/c1-5-16(9-17(22)15(4)29-8-7-23-13-26-29)11-24-20(30)19-18(6-2)27-21-25-10-14(3)12-28(19)21/h5,9-10,12-13H,4,6-8,11H2,1-3H3,(H,23,26)(H,24,30)/b16-5+,17-9+. The van der Waals surface area contributed by atoms with Gasteiger partial charge >= 0.3 is 0 Å². The number of hydrazine groups is 1. The lowest BCUT2D eigenvalue weighted by molar-refractivity contribution is 0.0950. The minimum Gasteiger partial charge on any atom is -0.347 e. The quantitative estimate of drug-likeness (QED) is 0.684. The zero-order valence-electron chi connectivity index (χ0n) is 17.4. The van der Waals surface area contributed by atoms with Gasteiger partial charge in [0.25, 0.3) is 5.91 Å². The van der Waals surface area contributed by atoms with Crippen LogP contribution in [0.2, 0.25) is 0 Å². The first-order chi connectivity index (χ1) is 14.4. The Hall–Kier alpha value is -3.49. The third-order valence-electron chi connectivity index (χ3n) is 4.73. The first-order valence-corrected chi connectivity index (χ1v) is 9.80. The number of carbonyl (C=O) groups is 1. The number of halogens is 1. The van der Waals surface area contributed by atoms with Crippen molar-refractivity contribution in [2.24, 2.45) is 4.99 Å². The zero-order chi connectivity index (χ0) is 21.7. The van der Waals surface area contributed by atoms with Gasteiger partial charge in [-0.15, -0.1) is 0 Å². The Bertz CT molecular complexity index is 1050. The highest BCUT2D eigenvalue weighted by molar-refractivity contribution is 5.94. The maximum absolute atomic E-state index is 14.6. The summed E-state index contributed by atoms with van der Waals surface area (Å²) >= 11 is 0. The first kappa shape index (κ1) is 21.2. The largest absolute Gasteiger partial charge is 0.347 e.